The number of benzene rings is 1. The van der Waals surface area contributed by atoms with E-state index in [9.17, 15) is 9.59 Å². The number of halogens is 2. The van der Waals surface area contributed by atoms with Gasteiger partial charge in [0.15, 0.2) is 0 Å². The van der Waals surface area contributed by atoms with Crippen LogP contribution in [0, 0.1) is 5.92 Å². The highest BCUT2D eigenvalue weighted by Crippen LogP contribution is 2.30. The van der Waals surface area contributed by atoms with E-state index in [2.05, 4.69) is 5.32 Å². The first kappa shape index (κ1) is 17.1. The van der Waals surface area contributed by atoms with Crippen LogP contribution in [0.15, 0.2) is 24.3 Å². The molecule has 2 heterocycles. The number of hydrogen-bond donors (Lipinski definition) is 1. The number of amides is 2. The summed E-state index contributed by atoms with van der Waals surface area (Å²) in [6.45, 7) is 2.00. The van der Waals surface area contributed by atoms with Crippen LogP contribution in [-0.4, -0.2) is 49.4 Å². The van der Waals surface area contributed by atoms with Crippen molar-refractivity contribution in [1.82, 2.24) is 10.2 Å². The first-order valence-electron chi connectivity index (χ1n) is 7.13. The third-order valence-electron chi connectivity index (χ3n) is 4.27. The summed E-state index contributed by atoms with van der Waals surface area (Å²) < 4.78 is 0. The zero-order valence-electron chi connectivity index (χ0n) is 12.3. The molecule has 0 bridgehead atoms. The maximum absolute atomic E-state index is 12.6. The minimum atomic E-state index is -0.380. The number of anilines is 1. The summed E-state index contributed by atoms with van der Waals surface area (Å²) >= 11 is 6.16. The second-order valence-electron chi connectivity index (χ2n) is 5.55. The van der Waals surface area contributed by atoms with Gasteiger partial charge in [0.1, 0.15) is 6.04 Å². The van der Waals surface area contributed by atoms with Crippen molar-refractivity contribution in [3.63, 3.8) is 0 Å². The maximum atomic E-state index is 12.6. The summed E-state index contributed by atoms with van der Waals surface area (Å²) in [6.07, 6.45) is 0.645. The molecule has 1 aromatic rings. The van der Waals surface area contributed by atoms with E-state index in [1.807, 2.05) is 18.2 Å². The minimum Gasteiger partial charge on any atom is -0.333 e. The first-order chi connectivity index (χ1) is 10.1. The Balaban J connectivity index is 0.00000176. The van der Waals surface area contributed by atoms with Gasteiger partial charge in [-0.05, 0) is 18.6 Å². The molecule has 3 rings (SSSR count). The molecule has 5 nitrogen and oxygen atoms in total. The van der Waals surface area contributed by atoms with Crippen LogP contribution in [0.1, 0.15) is 6.42 Å². The highest BCUT2D eigenvalue weighted by molar-refractivity contribution is 6.34. The van der Waals surface area contributed by atoms with Gasteiger partial charge in [-0.15, -0.1) is 12.4 Å². The topological polar surface area (TPSA) is 52.7 Å². The number of hydrogen-bond acceptors (Lipinski definition) is 3. The van der Waals surface area contributed by atoms with Crippen molar-refractivity contribution in [2.45, 2.75) is 12.5 Å². The van der Waals surface area contributed by atoms with Crippen LogP contribution in [0.2, 0.25) is 5.02 Å². The quantitative estimate of drug-likeness (QED) is 0.905. The Hall–Kier alpha value is -1.30. The summed E-state index contributed by atoms with van der Waals surface area (Å²) in [5, 5.41) is 3.64. The predicted octanol–water partition coefficient (Wildman–Crippen LogP) is 1.54. The Bertz CT molecular complexity index is 578. The highest BCUT2D eigenvalue weighted by Gasteiger charge is 2.40. The first-order valence-corrected chi connectivity index (χ1v) is 7.50. The number of nitrogens with one attached hydrogen (secondary N) is 1. The molecule has 1 N–H and O–H groups in total. The zero-order valence-corrected chi connectivity index (χ0v) is 13.9. The number of para-hydroxylation sites is 1. The van der Waals surface area contributed by atoms with Crippen molar-refractivity contribution in [2.75, 3.05) is 31.6 Å². The summed E-state index contributed by atoms with van der Waals surface area (Å²) in [4.78, 5) is 28.1. The lowest BCUT2D eigenvalue weighted by molar-refractivity contribution is -0.141. The SMILES string of the molecule is CN(C(=O)C1CNC1)C1CCN(c2ccccc2Cl)C1=O.Cl. The third-order valence-corrected chi connectivity index (χ3v) is 4.59. The molecular formula is C15H19Cl2N3O2. The largest absolute Gasteiger partial charge is 0.333 e. The number of nitrogens with zero attached hydrogens (tertiary/aromatic N) is 2. The van der Waals surface area contributed by atoms with Crippen LogP contribution >= 0.6 is 24.0 Å². The molecule has 0 saturated carbocycles. The Kier molecular flexibility index (Phi) is 5.32. The predicted molar refractivity (Wildman–Crippen MR) is 88.6 cm³/mol. The molecule has 2 amide bonds. The van der Waals surface area contributed by atoms with Gasteiger partial charge in [0.25, 0.3) is 0 Å². The fraction of sp³-hybridized carbons (Fsp3) is 0.467. The summed E-state index contributed by atoms with van der Waals surface area (Å²) in [5.74, 6) is 0.0107. The van der Waals surface area contributed by atoms with E-state index in [-0.39, 0.29) is 36.2 Å². The lowest BCUT2D eigenvalue weighted by Gasteiger charge is -2.32. The fourth-order valence-corrected chi connectivity index (χ4v) is 3.08. The Morgan fingerprint density at radius 3 is 2.64 bits per heavy atom. The second kappa shape index (κ2) is 6.86. The van der Waals surface area contributed by atoms with Gasteiger partial charge in [-0.1, -0.05) is 23.7 Å². The van der Waals surface area contributed by atoms with E-state index in [0.717, 1.165) is 5.69 Å². The number of rotatable bonds is 3. The monoisotopic (exact) mass is 343 g/mol. The van der Waals surface area contributed by atoms with Crippen molar-refractivity contribution in [3.8, 4) is 0 Å². The molecule has 2 fully saturated rings. The summed E-state index contributed by atoms with van der Waals surface area (Å²) in [5.41, 5.74) is 0.720. The van der Waals surface area contributed by atoms with Gasteiger partial charge in [-0.3, -0.25) is 9.59 Å². The Labute approximate surface area is 141 Å². The highest BCUT2D eigenvalue weighted by atomic mass is 35.5. The molecule has 0 radical (unpaired) electrons. The van der Waals surface area contributed by atoms with E-state index >= 15 is 0 Å². The number of likely N-dealkylation sites (N-methyl/N-ethyl adjacent to an activating group) is 1. The minimum absolute atomic E-state index is 0. The lowest BCUT2D eigenvalue weighted by atomic mass is 10.0. The van der Waals surface area contributed by atoms with Crippen LogP contribution in [0.4, 0.5) is 5.69 Å². The van der Waals surface area contributed by atoms with Crippen molar-refractivity contribution in [2.24, 2.45) is 5.92 Å². The van der Waals surface area contributed by atoms with Crippen molar-refractivity contribution in [3.05, 3.63) is 29.3 Å². The molecule has 2 saturated heterocycles. The molecule has 2 aliphatic rings. The molecule has 1 unspecified atom stereocenters. The van der Waals surface area contributed by atoms with Gasteiger partial charge < -0.3 is 15.1 Å². The van der Waals surface area contributed by atoms with Crippen LogP contribution < -0.4 is 10.2 Å². The lowest BCUT2D eigenvalue weighted by Crippen LogP contribution is -2.54. The van der Waals surface area contributed by atoms with Crippen LogP contribution in [0.3, 0.4) is 0 Å². The average molecular weight is 344 g/mol. The fourth-order valence-electron chi connectivity index (χ4n) is 2.84. The molecule has 0 aliphatic carbocycles. The second-order valence-corrected chi connectivity index (χ2v) is 5.96. The average Bonchev–Trinajstić information content (AvgIpc) is 2.78. The normalized spacial score (nSPS) is 21.3. The van der Waals surface area contributed by atoms with Gasteiger partial charge in [0, 0.05) is 26.7 Å². The number of carbonyl (C=O) groups is 2. The van der Waals surface area contributed by atoms with Crippen molar-refractivity contribution >= 4 is 41.5 Å². The van der Waals surface area contributed by atoms with E-state index in [0.29, 0.717) is 31.1 Å². The molecule has 0 spiro atoms. The summed E-state index contributed by atoms with van der Waals surface area (Å²) in [6, 6.07) is 6.92. The smallest absolute Gasteiger partial charge is 0.249 e. The van der Waals surface area contributed by atoms with Gasteiger partial charge in [-0.2, -0.15) is 0 Å². The van der Waals surface area contributed by atoms with Gasteiger partial charge >= 0.3 is 0 Å². The molecule has 1 atom stereocenters. The zero-order chi connectivity index (χ0) is 15.0. The van der Waals surface area contributed by atoms with Gasteiger partial charge in [0.2, 0.25) is 11.8 Å². The molecule has 120 valence electrons. The Morgan fingerprint density at radius 1 is 1.36 bits per heavy atom. The standard InChI is InChI=1S/C15H18ClN3O2.ClH/c1-18(14(20)10-8-17-9-10)13-6-7-19(15(13)21)12-5-3-2-4-11(12)16;/h2-5,10,13,17H,6-9H2,1H3;1H. The molecule has 7 heteroatoms. The van der Waals surface area contributed by atoms with E-state index in [4.69, 9.17) is 11.6 Å². The van der Waals surface area contributed by atoms with Crippen molar-refractivity contribution in [1.29, 1.82) is 0 Å². The van der Waals surface area contributed by atoms with Crippen molar-refractivity contribution < 1.29 is 9.59 Å². The molecular weight excluding hydrogens is 325 g/mol. The van der Waals surface area contributed by atoms with Gasteiger partial charge in [-0.25, -0.2) is 0 Å². The third kappa shape index (κ3) is 2.93. The molecule has 22 heavy (non-hydrogen) atoms. The van der Waals surface area contributed by atoms with E-state index in [1.165, 1.54) is 0 Å². The summed E-state index contributed by atoms with van der Waals surface area (Å²) in [7, 11) is 1.72. The maximum Gasteiger partial charge on any atom is 0.249 e. The Morgan fingerprint density at radius 2 is 2.05 bits per heavy atom. The van der Waals surface area contributed by atoms with Crippen LogP contribution in [0.5, 0.6) is 0 Å². The van der Waals surface area contributed by atoms with Crippen LogP contribution in [0.25, 0.3) is 0 Å². The number of carbonyl (C=O) groups excluding carboxylic acids is 2. The molecule has 2 aliphatic heterocycles. The molecule has 1 aromatic carbocycles. The van der Waals surface area contributed by atoms with E-state index < -0.39 is 0 Å². The molecule has 0 aromatic heterocycles. The van der Waals surface area contributed by atoms with Crippen LogP contribution in [-0.2, 0) is 9.59 Å². The van der Waals surface area contributed by atoms with Gasteiger partial charge in [0.05, 0.1) is 16.6 Å². The van der Waals surface area contributed by atoms with E-state index in [1.54, 1.807) is 22.9 Å².